The second-order valence-corrected chi connectivity index (χ2v) is 5.02. The average molecular weight is 309 g/mol. The van der Waals surface area contributed by atoms with E-state index in [1.807, 2.05) is 6.07 Å². The molecule has 0 atom stereocenters. The van der Waals surface area contributed by atoms with Gasteiger partial charge in [-0.3, -0.25) is 10.1 Å². The van der Waals surface area contributed by atoms with Gasteiger partial charge in [0.15, 0.2) is 0 Å². The molecule has 2 rings (SSSR count). The Morgan fingerprint density at radius 2 is 2.20 bits per heavy atom. The summed E-state index contributed by atoms with van der Waals surface area (Å²) in [4.78, 5) is 10.9. The lowest BCUT2D eigenvalue weighted by Gasteiger charge is -2.04. The first-order chi connectivity index (χ1) is 9.54. The van der Waals surface area contributed by atoms with Crippen molar-refractivity contribution in [3.63, 3.8) is 0 Å². The highest BCUT2D eigenvalue weighted by molar-refractivity contribution is 7.11. The SMILES string of the molecule is N#CC(=C(Cl)c1cc(F)ccc1[N+](=O)[O-])c1cccs1. The minimum Gasteiger partial charge on any atom is -0.258 e. The Kier molecular flexibility index (Phi) is 4.13. The predicted molar refractivity (Wildman–Crippen MR) is 75.7 cm³/mol. The Labute approximate surface area is 122 Å². The zero-order valence-corrected chi connectivity index (χ0v) is 11.4. The van der Waals surface area contributed by atoms with Crippen molar-refractivity contribution < 1.29 is 9.31 Å². The molecule has 0 aliphatic rings. The lowest BCUT2D eigenvalue weighted by molar-refractivity contribution is -0.385. The maximum atomic E-state index is 13.3. The summed E-state index contributed by atoms with van der Waals surface area (Å²) in [6, 6.07) is 8.24. The summed E-state index contributed by atoms with van der Waals surface area (Å²) in [7, 11) is 0. The highest BCUT2D eigenvalue weighted by Crippen LogP contribution is 2.36. The van der Waals surface area contributed by atoms with Crippen molar-refractivity contribution in [3.05, 3.63) is 62.1 Å². The van der Waals surface area contributed by atoms with Gasteiger partial charge < -0.3 is 0 Å². The van der Waals surface area contributed by atoms with Gasteiger partial charge >= 0.3 is 0 Å². The fraction of sp³-hybridized carbons (Fsp3) is 0. The molecule has 0 aliphatic carbocycles. The maximum Gasteiger partial charge on any atom is 0.278 e. The Morgan fingerprint density at radius 3 is 2.75 bits per heavy atom. The number of allylic oxidation sites excluding steroid dienone is 1. The van der Waals surface area contributed by atoms with E-state index < -0.39 is 10.7 Å². The molecule has 0 bridgehead atoms. The molecule has 4 nitrogen and oxygen atoms in total. The Morgan fingerprint density at radius 1 is 1.45 bits per heavy atom. The minimum absolute atomic E-state index is 0.0790. The number of halogens is 2. The van der Waals surface area contributed by atoms with Gasteiger partial charge in [-0.1, -0.05) is 17.7 Å². The van der Waals surface area contributed by atoms with Crippen LogP contribution >= 0.6 is 22.9 Å². The number of nitro benzene ring substituents is 1. The summed E-state index contributed by atoms with van der Waals surface area (Å²) in [5, 5.41) is 21.7. The number of benzene rings is 1. The smallest absolute Gasteiger partial charge is 0.258 e. The monoisotopic (exact) mass is 308 g/mol. The van der Waals surface area contributed by atoms with Crippen molar-refractivity contribution in [2.45, 2.75) is 0 Å². The van der Waals surface area contributed by atoms with Crippen LogP contribution in [0.15, 0.2) is 35.7 Å². The van der Waals surface area contributed by atoms with Crippen LogP contribution in [0.25, 0.3) is 10.6 Å². The fourth-order valence-corrected chi connectivity index (χ4v) is 2.69. The van der Waals surface area contributed by atoms with Gasteiger partial charge in [0.1, 0.15) is 11.9 Å². The van der Waals surface area contributed by atoms with Crippen molar-refractivity contribution in [1.29, 1.82) is 5.26 Å². The zero-order chi connectivity index (χ0) is 14.7. The third-order valence-electron chi connectivity index (χ3n) is 2.49. The van der Waals surface area contributed by atoms with Gasteiger partial charge in [-0.25, -0.2) is 4.39 Å². The van der Waals surface area contributed by atoms with Gasteiger partial charge in [0.2, 0.25) is 0 Å². The van der Waals surface area contributed by atoms with Gasteiger partial charge in [0.05, 0.1) is 21.1 Å². The van der Waals surface area contributed by atoms with Crippen LogP contribution in [-0.2, 0) is 0 Å². The molecule has 0 fully saturated rings. The van der Waals surface area contributed by atoms with E-state index in [9.17, 15) is 19.8 Å². The molecule has 20 heavy (non-hydrogen) atoms. The number of hydrogen-bond acceptors (Lipinski definition) is 4. The molecule has 0 saturated carbocycles. The first-order valence-electron chi connectivity index (χ1n) is 5.32. The predicted octanol–water partition coefficient (Wildman–Crippen LogP) is 4.43. The van der Waals surface area contributed by atoms with Gasteiger partial charge in [-0.05, 0) is 23.6 Å². The average Bonchev–Trinajstić information content (AvgIpc) is 2.93. The first-order valence-corrected chi connectivity index (χ1v) is 6.58. The number of nitro groups is 1. The van der Waals surface area contributed by atoms with Crippen LogP contribution in [0, 0.1) is 27.3 Å². The van der Waals surface area contributed by atoms with Crippen molar-refractivity contribution in [1.82, 2.24) is 0 Å². The van der Waals surface area contributed by atoms with Crippen LogP contribution in [-0.4, -0.2) is 4.92 Å². The number of nitriles is 1. The van der Waals surface area contributed by atoms with E-state index in [1.54, 1.807) is 17.5 Å². The highest BCUT2D eigenvalue weighted by Gasteiger charge is 2.20. The van der Waals surface area contributed by atoms with E-state index in [2.05, 4.69) is 0 Å². The summed E-state index contributed by atoms with van der Waals surface area (Å²) in [5.41, 5.74) is -0.377. The number of rotatable bonds is 3. The third kappa shape index (κ3) is 2.69. The molecule has 1 heterocycles. The maximum absolute atomic E-state index is 13.3. The van der Waals surface area contributed by atoms with E-state index in [4.69, 9.17) is 11.6 Å². The van der Waals surface area contributed by atoms with Crippen LogP contribution in [0.5, 0.6) is 0 Å². The van der Waals surface area contributed by atoms with E-state index in [0.29, 0.717) is 4.88 Å². The molecule has 0 radical (unpaired) electrons. The molecule has 1 aromatic heterocycles. The number of nitrogens with zero attached hydrogens (tertiary/aromatic N) is 2. The van der Waals surface area contributed by atoms with Crippen molar-refractivity contribution in [2.24, 2.45) is 0 Å². The number of hydrogen-bond donors (Lipinski definition) is 0. The summed E-state index contributed by atoms with van der Waals surface area (Å²) in [6.45, 7) is 0. The lowest BCUT2D eigenvalue weighted by atomic mass is 10.1. The fourth-order valence-electron chi connectivity index (χ4n) is 1.61. The van der Waals surface area contributed by atoms with E-state index in [1.165, 1.54) is 11.3 Å². The van der Waals surface area contributed by atoms with Crippen molar-refractivity contribution >= 4 is 39.2 Å². The Balaban J connectivity index is 2.69. The lowest BCUT2D eigenvalue weighted by Crippen LogP contribution is -1.95. The molecule has 0 amide bonds. The molecule has 2 aromatic rings. The Hall–Kier alpha value is -2.23. The summed E-state index contributed by atoms with van der Waals surface area (Å²) in [5.74, 6) is -0.660. The molecule has 7 heteroatoms. The Bertz CT molecular complexity index is 735. The molecule has 1 aromatic carbocycles. The van der Waals surface area contributed by atoms with E-state index >= 15 is 0 Å². The normalized spacial score (nSPS) is 11.7. The standard InChI is InChI=1S/C13H6ClFN2O2S/c14-13(10(7-16)12-2-1-5-20-12)9-6-8(15)3-4-11(9)17(18)19/h1-6H. The van der Waals surface area contributed by atoms with Crippen LogP contribution in [0.1, 0.15) is 10.4 Å². The molecular formula is C13H6ClFN2O2S. The highest BCUT2D eigenvalue weighted by atomic mass is 35.5. The van der Waals surface area contributed by atoms with Crippen LogP contribution in [0.2, 0.25) is 0 Å². The molecule has 0 aliphatic heterocycles. The van der Waals surface area contributed by atoms with Gasteiger partial charge in [0, 0.05) is 10.9 Å². The zero-order valence-electron chi connectivity index (χ0n) is 9.84. The molecule has 0 N–H and O–H groups in total. The topological polar surface area (TPSA) is 66.9 Å². The molecule has 0 saturated heterocycles. The van der Waals surface area contributed by atoms with Crippen molar-refractivity contribution in [3.8, 4) is 6.07 Å². The summed E-state index contributed by atoms with van der Waals surface area (Å²) in [6.07, 6.45) is 0. The molecule has 0 unspecified atom stereocenters. The van der Waals surface area contributed by atoms with E-state index in [0.717, 1.165) is 18.2 Å². The summed E-state index contributed by atoms with van der Waals surface area (Å²) < 4.78 is 13.3. The second-order valence-electron chi connectivity index (χ2n) is 3.70. The van der Waals surface area contributed by atoms with Crippen LogP contribution in [0.3, 0.4) is 0 Å². The quantitative estimate of drug-likeness (QED) is 0.478. The minimum atomic E-state index is -0.666. The largest absolute Gasteiger partial charge is 0.278 e. The van der Waals surface area contributed by atoms with Crippen LogP contribution < -0.4 is 0 Å². The van der Waals surface area contributed by atoms with Crippen LogP contribution in [0.4, 0.5) is 10.1 Å². The summed E-state index contributed by atoms with van der Waals surface area (Å²) >= 11 is 7.35. The molecule has 0 spiro atoms. The number of thiophene rings is 1. The third-order valence-corrected chi connectivity index (χ3v) is 3.77. The van der Waals surface area contributed by atoms with Gasteiger partial charge in [-0.2, -0.15) is 5.26 Å². The van der Waals surface area contributed by atoms with E-state index in [-0.39, 0.29) is 21.9 Å². The first kappa shape index (κ1) is 14.2. The molecule has 100 valence electrons. The van der Waals surface area contributed by atoms with Gasteiger partial charge in [-0.15, -0.1) is 11.3 Å². The second kappa shape index (κ2) is 5.82. The van der Waals surface area contributed by atoms with Crippen molar-refractivity contribution in [2.75, 3.05) is 0 Å². The van der Waals surface area contributed by atoms with Gasteiger partial charge in [0.25, 0.3) is 5.69 Å². The molecular weight excluding hydrogens is 303 g/mol.